The Labute approximate surface area is 165 Å². The lowest BCUT2D eigenvalue weighted by Gasteiger charge is -2.14. The molecule has 1 aliphatic heterocycles. The van der Waals surface area contributed by atoms with Crippen LogP contribution in [0.4, 0.5) is 5.69 Å². The number of anilines is 1. The minimum atomic E-state index is -1.34. The molecule has 7 nitrogen and oxygen atoms in total. The van der Waals surface area contributed by atoms with E-state index in [0.29, 0.717) is 17.2 Å². The van der Waals surface area contributed by atoms with Gasteiger partial charge in [-0.15, -0.1) is 0 Å². The zero-order valence-electron chi connectivity index (χ0n) is 15.2. The number of rotatable bonds is 5. The van der Waals surface area contributed by atoms with Crippen molar-refractivity contribution in [3.05, 3.63) is 83.4 Å². The lowest BCUT2D eigenvalue weighted by atomic mass is 10.1. The van der Waals surface area contributed by atoms with Gasteiger partial charge in [-0.2, -0.15) is 0 Å². The first-order chi connectivity index (χ1) is 14.0. The van der Waals surface area contributed by atoms with Crippen molar-refractivity contribution < 1.29 is 29.0 Å². The summed E-state index contributed by atoms with van der Waals surface area (Å²) in [5.41, 5.74) is 0.670. The molecular weight excluding hydrogens is 374 g/mol. The van der Waals surface area contributed by atoms with Crippen LogP contribution < -0.4 is 19.5 Å². The predicted octanol–water partition coefficient (Wildman–Crippen LogP) is 2.65. The van der Waals surface area contributed by atoms with Gasteiger partial charge < -0.3 is 19.4 Å². The average Bonchev–Trinajstić information content (AvgIpc) is 2.98. The first-order valence-corrected chi connectivity index (χ1v) is 8.64. The Morgan fingerprint density at radius 3 is 2.17 bits per heavy atom. The smallest absolute Gasteiger partial charge is 0.266 e. The van der Waals surface area contributed by atoms with E-state index in [2.05, 4.69) is 0 Å². The maximum absolute atomic E-state index is 12.9. The van der Waals surface area contributed by atoms with Gasteiger partial charge in [0.05, 0.1) is 29.9 Å². The summed E-state index contributed by atoms with van der Waals surface area (Å²) in [5, 5.41) is 10.9. The number of aromatic carboxylic acids is 1. The number of carbonyl (C=O) groups is 3. The minimum absolute atomic E-state index is 0.0437. The monoisotopic (exact) mass is 388 g/mol. The highest BCUT2D eigenvalue weighted by Gasteiger charge is 2.37. The number of methoxy groups -OCH3 is 1. The van der Waals surface area contributed by atoms with Crippen molar-refractivity contribution in [2.75, 3.05) is 12.0 Å². The van der Waals surface area contributed by atoms with Crippen molar-refractivity contribution >= 4 is 23.5 Å². The number of carboxylic acid groups (broad SMARTS) is 1. The van der Waals surface area contributed by atoms with Gasteiger partial charge in [0.15, 0.2) is 11.5 Å². The van der Waals surface area contributed by atoms with Crippen LogP contribution in [0.5, 0.6) is 17.2 Å². The molecule has 1 aliphatic rings. The van der Waals surface area contributed by atoms with Crippen LogP contribution in [-0.4, -0.2) is 24.9 Å². The van der Waals surface area contributed by atoms with Crippen LogP contribution in [0.1, 0.15) is 31.1 Å². The normalized spacial score (nSPS) is 12.7. The number of hydrogen-bond acceptors (Lipinski definition) is 6. The Hall–Kier alpha value is -4.13. The number of hydrogen-bond donors (Lipinski definition) is 0. The van der Waals surface area contributed by atoms with Crippen LogP contribution in [0.3, 0.4) is 0 Å². The largest absolute Gasteiger partial charge is 0.545 e. The molecule has 0 atom stereocenters. The fourth-order valence-electron chi connectivity index (χ4n) is 3.09. The molecule has 3 aromatic rings. The van der Waals surface area contributed by atoms with Crippen molar-refractivity contribution in [1.29, 1.82) is 0 Å². The third-order valence-corrected chi connectivity index (χ3v) is 4.52. The van der Waals surface area contributed by atoms with Crippen LogP contribution >= 0.6 is 0 Å². The Kier molecular flexibility index (Phi) is 4.48. The number of ether oxygens (including phenoxy) is 2. The number of carboxylic acids is 1. The van der Waals surface area contributed by atoms with Gasteiger partial charge in [-0.1, -0.05) is 24.3 Å². The number of imide groups is 1. The van der Waals surface area contributed by atoms with E-state index in [1.54, 1.807) is 30.3 Å². The van der Waals surface area contributed by atoms with Crippen molar-refractivity contribution in [2.24, 2.45) is 0 Å². The first-order valence-electron chi connectivity index (χ1n) is 8.64. The van der Waals surface area contributed by atoms with Gasteiger partial charge in [-0.25, -0.2) is 4.90 Å². The number of fused-ring (bicyclic) bond motifs is 1. The number of para-hydroxylation sites is 2. The molecule has 4 rings (SSSR count). The second-order valence-electron chi connectivity index (χ2n) is 6.24. The van der Waals surface area contributed by atoms with Crippen LogP contribution in [0, 0.1) is 0 Å². The molecule has 0 saturated heterocycles. The van der Waals surface area contributed by atoms with E-state index in [9.17, 15) is 19.5 Å². The molecular formula is C22H14NO6-. The summed E-state index contributed by atoms with van der Waals surface area (Å²) in [6.45, 7) is 0. The SMILES string of the molecule is COc1ccccc1Oc1ccc2c(c1)C(=O)N(c1ccc(C(=O)[O-])cc1)C2=O. The van der Waals surface area contributed by atoms with Gasteiger partial charge in [0.1, 0.15) is 5.75 Å². The second kappa shape index (κ2) is 7.12. The Balaban J connectivity index is 1.65. The highest BCUT2D eigenvalue weighted by atomic mass is 16.5. The van der Waals surface area contributed by atoms with Gasteiger partial charge in [-0.05, 0) is 48.0 Å². The van der Waals surface area contributed by atoms with Crippen LogP contribution in [0.25, 0.3) is 0 Å². The van der Waals surface area contributed by atoms with Crippen molar-refractivity contribution in [1.82, 2.24) is 0 Å². The highest BCUT2D eigenvalue weighted by molar-refractivity contribution is 6.34. The molecule has 2 amide bonds. The molecule has 0 bridgehead atoms. The third kappa shape index (κ3) is 3.19. The minimum Gasteiger partial charge on any atom is -0.545 e. The molecule has 144 valence electrons. The summed E-state index contributed by atoms with van der Waals surface area (Å²) in [4.78, 5) is 37.5. The van der Waals surface area contributed by atoms with Crippen molar-refractivity contribution in [3.63, 3.8) is 0 Å². The fourth-order valence-corrected chi connectivity index (χ4v) is 3.09. The summed E-state index contributed by atoms with van der Waals surface area (Å²) in [5.74, 6) is -0.959. The average molecular weight is 388 g/mol. The summed E-state index contributed by atoms with van der Waals surface area (Å²) in [7, 11) is 1.52. The standard InChI is InChI=1S/C22H15NO6/c1-28-18-4-2-3-5-19(18)29-15-10-11-16-17(12-15)21(25)23(20(16)24)14-8-6-13(7-9-14)22(26)27/h2-12H,1H3,(H,26,27)/p-1. The van der Waals surface area contributed by atoms with E-state index in [1.807, 2.05) is 0 Å². The quantitative estimate of drug-likeness (QED) is 0.624. The molecule has 3 aromatic carbocycles. The van der Waals surface area contributed by atoms with Crippen molar-refractivity contribution in [3.8, 4) is 17.2 Å². The van der Waals surface area contributed by atoms with E-state index < -0.39 is 17.8 Å². The maximum Gasteiger partial charge on any atom is 0.266 e. The first kappa shape index (κ1) is 18.2. The van der Waals surface area contributed by atoms with Crippen LogP contribution in [-0.2, 0) is 0 Å². The van der Waals surface area contributed by atoms with Crippen LogP contribution in [0.2, 0.25) is 0 Å². The molecule has 0 saturated carbocycles. The van der Waals surface area contributed by atoms with E-state index in [4.69, 9.17) is 9.47 Å². The Morgan fingerprint density at radius 1 is 0.862 bits per heavy atom. The molecule has 0 radical (unpaired) electrons. The van der Waals surface area contributed by atoms with Gasteiger partial charge in [0.25, 0.3) is 11.8 Å². The topological polar surface area (TPSA) is 96.0 Å². The summed E-state index contributed by atoms with van der Waals surface area (Å²) >= 11 is 0. The number of amides is 2. The van der Waals surface area contributed by atoms with E-state index in [0.717, 1.165) is 4.90 Å². The number of nitrogens with zero attached hydrogens (tertiary/aromatic N) is 1. The van der Waals surface area contributed by atoms with Crippen molar-refractivity contribution in [2.45, 2.75) is 0 Å². The van der Waals surface area contributed by atoms with Crippen LogP contribution in [0.15, 0.2) is 66.7 Å². The fraction of sp³-hybridized carbons (Fsp3) is 0.0455. The molecule has 0 unspecified atom stereocenters. The summed E-state index contributed by atoms with van der Waals surface area (Å²) in [6.07, 6.45) is 0. The molecule has 0 aromatic heterocycles. The second-order valence-corrected chi connectivity index (χ2v) is 6.24. The number of carbonyl (C=O) groups excluding carboxylic acids is 3. The third-order valence-electron chi connectivity index (χ3n) is 4.52. The molecule has 0 aliphatic carbocycles. The van der Waals surface area contributed by atoms with E-state index >= 15 is 0 Å². The maximum atomic E-state index is 12.9. The van der Waals surface area contributed by atoms with Gasteiger partial charge in [-0.3, -0.25) is 9.59 Å². The summed E-state index contributed by atoms with van der Waals surface area (Å²) in [6, 6.07) is 17.0. The van der Waals surface area contributed by atoms with Gasteiger partial charge in [0, 0.05) is 0 Å². The van der Waals surface area contributed by atoms with Gasteiger partial charge in [0.2, 0.25) is 0 Å². The molecule has 0 spiro atoms. The molecule has 29 heavy (non-hydrogen) atoms. The molecule has 1 heterocycles. The predicted molar refractivity (Wildman–Crippen MR) is 101 cm³/mol. The molecule has 0 fully saturated rings. The molecule has 7 heteroatoms. The zero-order valence-corrected chi connectivity index (χ0v) is 15.2. The Morgan fingerprint density at radius 2 is 1.52 bits per heavy atom. The lowest BCUT2D eigenvalue weighted by Crippen LogP contribution is -2.29. The zero-order chi connectivity index (χ0) is 20.5. The van der Waals surface area contributed by atoms with E-state index in [1.165, 1.54) is 43.5 Å². The van der Waals surface area contributed by atoms with E-state index in [-0.39, 0.29) is 22.4 Å². The van der Waals surface area contributed by atoms with Gasteiger partial charge >= 0.3 is 0 Å². The molecule has 0 N–H and O–H groups in total. The highest BCUT2D eigenvalue weighted by Crippen LogP contribution is 2.35. The number of benzene rings is 3. The lowest BCUT2D eigenvalue weighted by molar-refractivity contribution is -0.255. The Bertz CT molecular complexity index is 1140. The summed E-state index contributed by atoms with van der Waals surface area (Å²) < 4.78 is 11.1.